The van der Waals surface area contributed by atoms with Crippen molar-refractivity contribution in [1.82, 2.24) is 14.8 Å². The van der Waals surface area contributed by atoms with Crippen LogP contribution in [0.25, 0.3) is 10.9 Å². The maximum atomic E-state index is 14.4. The Morgan fingerprint density at radius 3 is 2.30 bits per heavy atom. The minimum absolute atomic E-state index is 0.00391. The number of hydrogen-bond donors (Lipinski definition) is 1. The van der Waals surface area contributed by atoms with Gasteiger partial charge in [0.05, 0.1) is 18.6 Å². The minimum Gasteiger partial charge on any atom is -0.494 e. The molecule has 0 unspecified atom stereocenters. The van der Waals surface area contributed by atoms with Gasteiger partial charge in [0.2, 0.25) is 11.8 Å². The minimum atomic E-state index is -0.272. The van der Waals surface area contributed by atoms with Gasteiger partial charge in [0.15, 0.2) is 0 Å². The third kappa shape index (κ3) is 6.62. The van der Waals surface area contributed by atoms with E-state index in [2.05, 4.69) is 29.4 Å². The maximum Gasteiger partial charge on any atom is 0.242 e. The topological polar surface area (TPSA) is 74.9 Å². The van der Waals surface area contributed by atoms with Crippen LogP contribution in [0, 0.1) is 23.2 Å². The summed E-state index contributed by atoms with van der Waals surface area (Å²) in [6.45, 7) is 4.91. The van der Waals surface area contributed by atoms with Crippen molar-refractivity contribution >= 4 is 22.7 Å². The van der Waals surface area contributed by atoms with Gasteiger partial charge < -0.3 is 24.3 Å². The highest BCUT2D eigenvalue weighted by Gasteiger charge is 2.55. The van der Waals surface area contributed by atoms with Crippen LogP contribution in [0.4, 0.5) is 0 Å². The number of nitrogens with zero attached hydrogens (tertiary/aromatic N) is 2. The van der Waals surface area contributed by atoms with Crippen molar-refractivity contribution in [3.8, 4) is 5.75 Å². The van der Waals surface area contributed by atoms with E-state index in [0.29, 0.717) is 50.6 Å². The summed E-state index contributed by atoms with van der Waals surface area (Å²) in [7, 11) is 1.69. The first-order valence-electron chi connectivity index (χ1n) is 16.3. The summed E-state index contributed by atoms with van der Waals surface area (Å²) in [5.41, 5.74) is 3.08. The summed E-state index contributed by atoms with van der Waals surface area (Å²) in [4.78, 5) is 35.8. The number of para-hydroxylation sites is 1. The molecule has 0 saturated heterocycles. The van der Waals surface area contributed by atoms with E-state index in [-0.39, 0.29) is 23.8 Å². The van der Waals surface area contributed by atoms with Crippen LogP contribution in [0.15, 0.2) is 54.7 Å². The number of rotatable bonds is 14. The van der Waals surface area contributed by atoms with Gasteiger partial charge in [-0.1, -0.05) is 30.3 Å². The number of carbonyl (C=O) groups is 2. The molecule has 2 amide bonds. The zero-order chi connectivity index (χ0) is 29.8. The molecular weight excluding hydrogens is 538 g/mol. The van der Waals surface area contributed by atoms with Crippen LogP contribution in [0.5, 0.6) is 5.75 Å². The number of H-pyrrole nitrogens is 1. The lowest BCUT2D eigenvalue weighted by atomic mass is 9.49. The first kappa shape index (κ1) is 29.7. The van der Waals surface area contributed by atoms with Crippen molar-refractivity contribution in [2.24, 2.45) is 23.2 Å². The van der Waals surface area contributed by atoms with Gasteiger partial charge in [-0.25, -0.2) is 0 Å². The Labute approximate surface area is 255 Å². The van der Waals surface area contributed by atoms with Gasteiger partial charge in [0, 0.05) is 50.5 Å². The molecule has 0 atom stereocenters. The van der Waals surface area contributed by atoms with Crippen LogP contribution in [-0.2, 0) is 27.3 Å². The number of benzene rings is 2. The number of aromatic nitrogens is 1. The summed E-state index contributed by atoms with van der Waals surface area (Å²) in [6, 6.07) is 16.3. The molecule has 0 spiro atoms. The fourth-order valence-electron chi connectivity index (χ4n) is 8.59. The van der Waals surface area contributed by atoms with Crippen LogP contribution >= 0.6 is 0 Å². The van der Waals surface area contributed by atoms with Crippen molar-refractivity contribution in [2.45, 2.75) is 64.8 Å². The average Bonchev–Trinajstić information content (AvgIpc) is 3.42. The highest BCUT2D eigenvalue weighted by molar-refractivity contribution is 5.88. The quantitative estimate of drug-likeness (QED) is 0.228. The molecule has 4 aliphatic rings. The number of ether oxygens (including phenoxy) is 2. The predicted octanol–water partition coefficient (Wildman–Crippen LogP) is 6.22. The number of carbonyl (C=O) groups excluding carboxylic acids is 2. The standard InChI is InChI=1S/C36H47N3O4/c1-3-43-31-11-9-26(10-12-31)24-38(15-13-30-23-37-33-8-5-4-7-32(30)33)34(40)25-39(14-6-16-42-2)35(41)36-20-27-17-28(21-36)19-29(18-27)22-36/h4-5,7-12,23,27-29,37H,3,6,13-22,24-25H2,1-2H3. The van der Waals surface area contributed by atoms with E-state index in [1.54, 1.807) is 7.11 Å². The van der Waals surface area contributed by atoms with Crippen molar-refractivity contribution in [1.29, 1.82) is 0 Å². The van der Waals surface area contributed by atoms with E-state index in [9.17, 15) is 9.59 Å². The van der Waals surface area contributed by atoms with Gasteiger partial charge >= 0.3 is 0 Å². The molecule has 230 valence electrons. The molecule has 1 N–H and O–H groups in total. The van der Waals surface area contributed by atoms with Crippen LogP contribution < -0.4 is 4.74 Å². The number of nitrogens with one attached hydrogen (secondary N) is 1. The normalized spacial score (nSPS) is 23.9. The van der Waals surface area contributed by atoms with E-state index in [1.807, 2.05) is 47.1 Å². The second kappa shape index (κ2) is 13.1. The molecule has 0 aliphatic heterocycles. The number of fused-ring (bicyclic) bond motifs is 1. The summed E-state index contributed by atoms with van der Waals surface area (Å²) < 4.78 is 11.0. The molecule has 4 aliphatic carbocycles. The summed E-state index contributed by atoms with van der Waals surface area (Å²) in [5, 5.41) is 1.19. The fraction of sp³-hybridized carbons (Fsp3) is 0.556. The maximum absolute atomic E-state index is 14.4. The van der Waals surface area contributed by atoms with Gasteiger partial charge in [0.1, 0.15) is 5.75 Å². The molecule has 4 fully saturated rings. The van der Waals surface area contributed by atoms with Gasteiger partial charge in [-0.3, -0.25) is 9.59 Å². The number of aromatic amines is 1. The monoisotopic (exact) mass is 585 g/mol. The first-order chi connectivity index (χ1) is 21.0. The Kier molecular flexibility index (Phi) is 9.08. The average molecular weight is 586 g/mol. The second-order valence-corrected chi connectivity index (χ2v) is 13.3. The number of amides is 2. The molecular formula is C36H47N3O4. The zero-order valence-corrected chi connectivity index (χ0v) is 25.9. The lowest BCUT2D eigenvalue weighted by Gasteiger charge is -2.56. The van der Waals surface area contributed by atoms with E-state index in [4.69, 9.17) is 9.47 Å². The van der Waals surface area contributed by atoms with Gasteiger partial charge in [0.25, 0.3) is 0 Å². The van der Waals surface area contributed by atoms with Crippen LogP contribution in [-0.4, -0.2) is 66.6 Å². The summed E-state index contributed by atoms with van der Waals surface area (Å²) >= 11 is 0. The molecule has 1 heterocycles. The number of hydrogen-bond acceptors (Lipinski definition) is 4. The number of methoxy groups -OCH3 is 1. The smallest absolute Gasteiger partial charge is 0.242 e. The molecule has 7 rings (SSSR count). The van der Waals surface area contributed by atoms with E-state index >= 15 is 0 Å². The van der Waals surface area contributed by atoms with Crippen molar-refractivity contribution in [2.75, 3.05) is 40.0 Å². The third-order valence-electron chi connectivity index (χ3n) is 10.2. The lowest BCUT2D eigenvalue weighted by molar-refractivity contribution is -0.160. The Morgan fingerprint density at radius 2 is 1.63 bits per heavy atom. The van der Waals surface area contributed by atoms with Gasteiger partial charge in [-0.05, 0) is 105 Å². The molecule has 7 heteroatoms. The molecule has 4 saturated carbocycles. The highest BCUT2D eigenvalue weighted by Crippen LogP contribution is 2.60. The fourth-order valence-corrected chi connectivity index (χ4v) is 8.59. The van der Waals surface area contributed by atoms with Crippen LogP contribution in [0.1, 0.15) is 63.0 Å². The predicted molar refractivity (Wildman–Crippen MR) is 169 cm³/mol. The van der Waals surface area contributed by atoms with Crippen molar-refractivity contribution in [3.63, 3.8) is 0 Å². The molecule has 43 heavy (non-hydrogen) atoms. The van der Waals surface area contributed by atoms with Crippen LogP contribution in [0.2, 0.25) is 0 Å². The molecule has 1 aromatic heterocycles. The second-order valence-electron chi connectivity index (χ2n) is 13.3. The molecule has 4 bridgehead atoms. The Morgan fingerprint density at radius 1 is 0.930 bits per heavy atom. The zero-order valence-electron chi connectivity index (χ0n) is 25.9. The SMILES string of the molecule is CCOc1ccc(CN(CCc2c[nH]c3ccccc23)C(=O)CN(CCCOC)C(=O)C23CC4CC(CC(C4)C2)C3)cc1. The molecule has 3 aromatic rings. The van der Waals surface area contributed by atoms with Crippen molar-refractivity contribution in [3.05, 3.63) is 65.9 Å². The lowest BCUT2D eigenvalue weighted by Crippen LogP contribution is -2.56. The van der Waals surface area contributed by atoms with E-state index in [1.165, 1.54) is 30.2 Å². The third-order valence-corrected chi connectivity index (χ3v) is 10.2. The van der Waals surface area contributed by atoms with Gasteiger partial charge in [-0.15, -0.1) is 0 Å². The first-order valence-corrected chi connectivity index (χ1v) is 16.3. The van der Waals surface area contributed by atoms with E-state index < -0.39 is 0 Å². The summed E-state index contributed by atoms with van der Waals surface area (Å²) in [5.74, 6) is 3.09. The molecule has 2 aromatic carbocycles. The Balaban J connectivity index is 1.21. The van der Waals surface area contributed by atoms with E-state index in [0.717, 1.165) is 48.9 Å². The van der Waals surface area contributed by atoms with Crippen LogP contribution in [0.3, 0.4) is 0 Å². The van der Waals surface area contributed by atoms with Gasteiger partial charge in [-0.2, -0.15) is 0 Å². The highest BCUT2D eigenvalue weighted by atomic mass is 16.5. The molecule has 7 nitrogen and oxygen atoms in total. The summed E-state index contributed by atoms with van der Waals surface area (Å²) in [6.07, 6.45) is 10.4. The Hall–Kier alpha value is -3.32. The van der Waals surface area contributed by atoms with Crippen molar-refractivity contribution < 1.29 is 19.1 Å². The molecule has 0 radical (unpaired) electrons. The Bertz CT molecular complexity index is 1360. The largest absolute Gasteiger partial charge is 0.494 e.